The third-order valence-corrected chi connectivity index (χ3v) is 10.0. The van der Waals surface area contributed by atoms with Gasteiger partial charge in [0.05, 0.1) is 0 Å². The van der Waals surface area contributed by atoms with Gasteiger partial charge in [0, 0.05) is 49.0 Å². The number of hydrogen-bond acceptors (Lipinski definition) is 3. The summed E-state index contributed by atoms with van der Waals surface area (Å²) < 4.78 is 0. The highest BCUT2D eigenvalue weighted by Gasteiger charge is 2.67. The van der Waals surface area contributed by atoms with Crippen molar-refractivity contribution < 1.29 is 9.59 Å². The Morgan fingerprint density at radius 3 is 2.57 bits per heavy atom. The van der Waals surface area contributed by atoms with Gasteiger partial charge in [-0.1, -0.05) is 13.8 Å². The van der Waals surface area contributed by atoms with Gasteiger partial charge in [-0.25, -0.2) is 0 Å². The maximum atomic E-state index is 13.3. The molecule has 4 nitrogen and oxygen atoms in total. The van der Waals surface area contributed by atoms with Crippen molar-refractivity contribution in [1.82, 2.24) is 4.90 Å². The second kappa shape index (κ2) is 6.15. The van der Waals surface area contributed by atoms with Crippen molar-refractivity contribution in [2.24, 2.45) is 51.3 Å². The average Bonchev–Trinajstić information content (AvgIpc) is 3.41. The molecule has 0 spiro atoms. The molecule has 5 unspecified atom stereocenters. The summed E-state index contributed by atoms with van der Waals surface area (Å²) >= 11 is 0. The molecule has 1 aliphatic heterocycles. The summed E-state index contributed by atoms with van der Waals surface area (Å²) in [6, 6.07) is 0. The lowest BCUT2D eigenvalue weighted by molar-refractivity contribution is -0.142. The Bertz CT molecular complexity index is 741. The molecule has 0 saturated heterocycles. The van der Waals surface area contributed by atoms with Gasteiger partial charge >= 0.3 is 0 Å². The number of ketones is 1. The maximum absolute atomic E-state index is 13.3. The lowest BCUT2D eigenvalue weighted by Crippen LogP contribution is -2.56. The highest BCUT2D eigenvalue weighted by Crippen LogP contribution is 2.68. The summed E-state index contributed by atoms with van der Waals surface area (Å²) in [7, 11) is 0. The monoisotopic (exact) mass is 384 g/mol. The lowest BCUT2D eigenvalue weighted by atomic mass is 9.49. The summed E-state index contributed by atoms with van der Waals surface area (Å²) in [4.78, 5) is 32.7. The summed E-state index contributed by atoms with van der Waals surface area (Å²) in [6.45, 7) is 11.6. The summed E-state index contributed by atoms with van der Waals surface area (Å²) in [5, 5.41) is 0. The molecule has 1 amide bonds. The number of rotatable bonds is 3. The van der Waals surface area contributed by atoms with E-state index in [4.69, 9.17) is 4.99 Å². The number of amides is 1. The fourth-order valence-corrected chi connectivity index (χ4v) is 8.29. The van der Waals surface area contributed by atoms with Crippen LogP contribution in [0.3, 0.4) is 0 Å². The molecule has 4 saturated carbocycles. The highest BCUT2D eigenvalue weighted by molar-refractivity contribution is 6.10. The number of fused-ring (bicyclic) bond motifs is 7. The van der Waals surface area contributed by atoms with Crippen molar-refractivity contribution in [3.05, 3.63) is 0 Å². The summed E-state index contributed by atoms with van der Waals surface area (Å²) in [6.07, 6.45) is 6.34. The first-order valence-electron chi connectivity index (χ1n) is 11.7. The van der Waals surface area contributed by atoms with Gasteiger partial charge in [-0.05, 0) is 75.0 Å². The highest BCUT2D eigenvalue weighted by atomic mass is 16.2. The minimum atomic E-state index is 0.137. The number of hydrogen-bond donors (Lipinski definition) is 0. The first-order valence-corrected chi connectivity index (χ1v) is 11.7. The Balaban J connectivity index is 1.44. The van der Waals surface area contributed by atoms with Crippen molar-refractivity contribution in [3.8, 4) is 0 Å². The van der Waals surface area contributed by atoms with E-state index < -0.39 is 0 Å². The minimum absolute atomic E-state index is 0.137. The van der Waals surface area contributed by atoms with E-state index in [2.05, 4.69) is 27.7 Å². The van der Waals surface area contributed by atoms with Crippen LogP contribution in [0.2, 0.25) is 0 Å². The van der Waals surface area contributed by atoms with Crippen LogP contribution in [0, 0.1) is 46.3 Å². The number of carbonyl (C=O) groups excluding carboxylic acids is 2. The maximum Gasteiger partial charge on any atom is 0.226 e. The molecule has 0 aromatic heterocycles. The molecule has 154 valence electrons. The van der Waals surface area contributed by atoms with E-state index in [9.17, 15) is 9.59 Å². The second-order valence-electron chi connectivity index (χ2n) is 10.7. The lowest BCUT2D eigenvalue weighted by Gasteiger charge is -2.56. The van der Waals surface area contributed by atoms with Crippen LogP contribution in [-0.4, -0.2) is 41.9 Å². The normalized spacial score (nSPS) is 48.7. The fourth-order valence-electron chi connectivity index (χ4n) is 8.29. The Kier molecular flexibility index (Phi) is 4.13. The smallest absolute Gasteiger partial charge is 0.226 e. The molecule has 4 fully saturated rings. The third-order valence-electron chi connectivity index (χ3n) is 10.0. The topological polar surface area (TPSA) is 49.7 Å². The summed E-state index contributed by atoms with van der Waals surface area (Å²) in [5.41, 5.74) is 1.52. The van der Waals surface area contributed by atoms with Crippen LogP contribution in [0.25, 0.3) is 0 Å². The molecule has 0 bridgehead atoms. The van der Waals surface area contributed by atoms with Crippen LogP contribution in [0.5, 0.6) is 0 Å². The van der Waals surface area contributed by atoms with Crippen LogP contribution >= 0.6 is 0 Å². The molecule has 0 N–H and O–H groups in total. The molecular weight excluding hydrogens is 348 g/mol. The second-order valence-corrected chi connectivity index (χ2v) is 10.7. The van der Waals surface area contributed by atoms with Crippen molar-refractivity contribution in [1.29, 1.82) is 0 Å². The van der Waals surface area contributed by atoms with Crippen molar-refractivity contribution in [3.63, 3.8) is 0 Å². The third kappa shape index (κ3) is 2.26. The van der Waals surface area contributed by atoms with Gasteiger partial charge in [0.25, 0.3) is 0 Å². The van der Waals surface area contributed by atoms with E-state index in [0.29, 0.717) is 47.7 Å². The van der Waals surface area contributed by atoms with Gasteiger partial charge in [0.1, 0.15) is 5.78 Å². The molecular formula is C24H36N2O2. The number of Topliss-reactive ketones (excluding diaryl/α,β-unsaturated/α-hetero) is 1. The fraction of sp³-hybridized carbons (Fsp3) is 0.875. The van der Waals surface area contributed by atoms with E-state index >= 15 is 0 Å². The van der Waals surface area contributed by atoms with E-state index in [1.165, 1.54) is 25.0 Å². The molecule has 0 aromatic carbocycles. The first kappa shape index (κ1) is 18.8. The van der Waals surface area contributed by atoms with E-state index in [-0.39, 0.29) is 16.7 Å². The van der Waals surface area contributed by atoms with Gasteiger partial charge in [-0.15, -0.1) is 0 Å². The van der Waals surface area contributed by atoms with Crippen LogP contribution < -0.4 is 0 Å². The van der Waals surface area contributed by atoms with Crippen molar-refractivity contribution in [2.75, 3.05) is 19.6 Å². The van der Waals surface area contributed by atoms with Gasteiger partial charge in [-0.3, -0.25) is 14.6 Å². The minimum Gasteiger partial charge on any atom is -0.343 e. The van der Waals surface area contributed by atoms with Gasteiger partial charge in [-0.2, -0.15) is 0 Å². The largest absolute Gasteiger partial charge is 0.343 e. The van der Waals surface area contributed by atoms with Gasteiger partial charge in [0.2, 0.25) is 5.91 Å². The van der Waals surface area contributed by atoms with Crippen LogP contribution in [0.1, 0.15) is 66.2 Å². The number of aliphatic imine (C=N–C) groups is 1. The van der Waals surface area contributed by atoms with Crippen LogP contribution in [0.15, 0.2) is 4.99 Å². The van der Waals surface area contributed by atoms with Crippen molar-refractivity contribution in [2.45, 2.75) is 66.2 Å². The van der Waals surface area contributed by atoms with E-state index in [1.807, 2.05) is 4.90 Å². The summed E-state index contributed by atoms with van der Waals surface area (Å²) in [5.74, 6) is 3.82. The van der Waals surface area contributed by atoms with Crippen molar-refractivity contribution >= 4 is 17.4 Å². The Labute approximate surface area is 169 Å². The zero-order valence-electron chi connectivity index (χ0n) is 18.0. The van der Waals surface area contributed by atoms with E-state index in [1.54, 1.807) is 0 Å². The molecule has 0 radical (unpaired) electrons. The SMILES string of the molecule is CCN(CC)C(=O)[C@H]1CCC2C3CN=C4CC(=O)C5CC5[C@]4(C)C3CC[C@@]21C. The quantitative estimate of drug-likeness (QED) is 0.739. The predicted octanol–water partition coefficient (Wildman–Crippen LogP) is 3.98. The number of nitrogens with zero attached hydrogens (tertiary/aromatic N) is 2. The molecule has 0 aromatic rings. The molecule has 8 atom stereocenters. The molecule has 1 heterocycles. The molecule has 5 rings (SSSR count). The standard InChI is InChI=1S/C24H36N2O2/c1-5-26(6-2)22(28)18-8-7-16-15-13-25-21-12-20(27)14-11-19(14)24(21,4)17(15)9-10-23(16,18)3/h14-19H,5-13H2,1-4H3/t14?,15?,16?,17?,18-,19?,23+,24+/m1/s1. The zero-order chi connectivity index (χ0) is 19.8. The molecule has 4 aliphatic carbocycles. The van der Waals surface area contributed by atoms with Crippen LogP contribution in [0.4, 0.5) is 0 Å². The van der Waals surface area contributed by atoms with Crippen LogP contribution in [-0.2, 0) is 9.59 Å². The first-order chi connectivity index (χ1) is 13.4. The van der Waals surface area contributed by atoms with Gasteiger partial charge < -0.3 is 4.90 Å². The van der Waals surface area contributed by atoms with Gasteiger partial charge in [0.15, 0.2) is 0 Å². The number of carbonyl (C=O) groups is 2. The Morgan fingerprint density at radius 1 is 1.11 bits per heavy atom. The Hall–Kier alpha value is -1.19. The molecule has 5 aliphatic rings. The molecule has 28 heavy (non-hydrogen) atoms. The van der Waals surface area contributed by atoms with E-state index in [0.717, 1.165) is 32.5 Å². The zero-order valence-corrected chi connectivity index (χ0v) is 18.0. The molecule has 4 heteroatoms. The average molecular weight is 385 g/mol. The predicted molar refractivity (Wildman–Crippen MR) is 110 cm³/mol. The Morgan fingerprint density at radius 2 is 1.86 bits per heavy atom.